The number of aromatic nitrogens is 4. The lowest BCUT2D eigenvalue weighted by molar-refractivity contribution is 0.241. The molecule has 178 valence electrons. The molecule has 9 heteroatoms. The van der Waals surface area contributed by atoms with Gasteiger partial charge in [-0.2, -0.15) is 5.10 Å². The average Bonchev–Trinajstić information content (AvgIpc) is 3.20. The molecule has 1 saturated carbocycles. The molecule has 5 rings (SSSR count). The van der Waals surface area contributed by atoms with Gasteiger partial charge in [0.2, 0.25) is 5.88 Å². The van der Waals surface area contributed by atoms with Crippen molar-refractivity contribution in [1.82, 2.24) is 20.2 Å². The fourth-order valence-corrected chi connectivity index (χ4v) is 5.72. The first-order valence-corrected chi connectivity index (χ1v) is 11.3. The molecule has 2 atom stereocenters. The van der Waals surface area contributed by atoms with E-state index in [1.54, 1.807) is 19.2 Å². The van der Waals surface area contributed by atoms with Gasteiger partial charge >= 0.3 is 0 Å². The van der Waals surface area contributed by atoms with Gasteiger partial charge in [-0.15, -0.1) is 5.10 Å². The second-order valence-corrected chi connectivity index (χ2v) is 9.32. The molecule has 3 aromatic rings. The zero-order chi connectivity index (χ0) is 24.8. The van der Waals surface area contributed by atoms with Gasteiger partial charge in [-0.05, 0) is 54.7 Å². The van der Waals surface area contributed by atoms with Crippen molar-refractivity contribution < 1.29 is 13.5 Å². The second kappa shape index (κ2) is 8.41. The van der Waals surface area contributed by atoms with Crippen molar-refractivity contribution in [2.45, 2.75) is 44.9 Å². The van der Waals surface area contributed by atoms with Crippen LogP contribution < -0.4 is 4.74 Å². The minimum atomic E-state index is -0.664. The number of rotatable bonds is 5. The van der Waals surface area contributed by atoms with Gasteiger partial charge in [-0.1, -0.05) is 19.9 Å². The van der Waals surface area contributed by atoms with Gasteiger partial charge in [0, 0.05) is 25.5 Å². The van der Waals surface area contributed by atoms with Gasteiger partial charge < -0.3 is 4.74 Å². The molecule has 1 aromatic carbocycles. The Hall–Kier alpha value is -3.88. The molecule has 7 nitrogen and oxygen atoms in total. The molecule has 0 unspecified atom stereocenters. The quantitative estimate of drug-likeness (QED) is 0.366. The first kappa shape index (κ1) is 22.9. The second-order valence-electron chi connectivity index (χ2n) is 9.32. The lowest BCUT2D eigenvalue weighted by Crippen LogP contribution is -2.38. The highest BCUT2D eigenvalue weighted by molar-refractivity contribution is 5.76. The molecule has 0 radical (unpaired) electrons. The van der Waals surface area contributed by atoms with Gasteiger partial charge in [0.25, 0.3) is 0 Å². The van der Waals surface area contributed by atoms with Crippen molar-refractivity contribution in [2.75, 3.05) is 0 Å². The van der Waals surface area contributed by atoms with Crippen LogP contribution in [0.15, 0.2) is 59.0 Å². The summed E-state index contributed by atoms with van der Waals surface area (Å²) in [6.45, 7) is 9.41. The molecule has 0 aliphatic heterocycles. The fraction of sp³-hybridized carbons (Fsp3) is 0.308. The number of hydrogen-bond acceptors (Lipinski definition) is 7. The van der Waals surface area contributed by atoms with Crippen LogP contribution in [0.25, 0.3) is 11.3 Å². The third kappa shape index (κ3) is 3.45. The third-order valence-corrected chi connectivity index (χ3v) is 7.33. The Bertz CT molecular complexity index is 1370. The summed E-state index contributed by atoms with van der Waals surface area (Å²) in [6.07, 6.45) is 7.87. The summed E-state index contributed by atoms with van der Waals surface area (Å²) in [5.41, 5.74) is 1.63. The van der Waals surface area contributed by atoms with Gasteiger partial charge in [-0.3, -0.25) is 9.98 Å². The number of aliphatic imine (C=N–C) groups is 2. The van der Waals surface area contributed by atoms with Crippen LogP contribution in [-0.4, -0.2) is 32.8 Å². The number of hydrogen-bond donors (Lipinski definition) is 0. The Morgan fingerprint density at radius 3 is 2.69 bits per heavy atom. The number of halogens is 2. The van der Waals surface area contributed by atoms with Crippen molar-refractivity contribution >= 4 is 12.6 Å². The maximum Gasteiger partial charge on any atom is 0.239 e. The molecule has 0 N–H and O–H groups in total. The lowest BCUT2D eigenvalue weighted by Gasteiger charge is -2.37. The van der Waals surface area contributed by atoms with Gasteiger partial charge in [0.05, 0.1) is 34.3 Å². The topological polar surface area (TPSA) is 85.5 Å². The molecule has 35 heavy (non-hydrogen) atoms. The Kier molecular flexibility index (Phi) is 5.50. The zero-order valence-electron chi connectivity index (χ0n) is 19.7. The smallest absolute Gasteiger partial charge is 0.239 e. The van der Waals surface area contributed by atoms with Gasteiger partial charge in [0.15, 0.2) is 5.90 Å². The molecule has 2 aliphatic carbocycles. The summed E-state index contributed by atoms with van der Waals surface area (Å²) >= 11 is 0. The van der Waals surface area contributed by atoms with Crippen molar-refractivity contribution in [2.24, 2.45) is 15.4 Å². The molecule has 0 amide bonds. The molecule has 2 bridgehead atoms. The van der Waals surface area contributed by atoms with Crippen LogP contribution in [0.3, 0.4) is 0 Å². The molecule has 0 spiro atoms. The molecular formula is C26H24F2N6O. The van der Waals surface area contributed by atoms with Crippen LogP contribution >= 0.6 is 0 Å². The Morgan fingerprint density at radius 2 is 1.94 bits per heavy atom. The van der Waals surface area contributed by atoms with Crippen LogP contribution in [0.4, 0.5) is 8.78 Å². The molecule has 1 fully saturated rings. The van der Waals surface area contributed by atoms with Gasteiger partial charge in [0.1, 0.15) is 11.6 Å². The van der Waals surface area contributed by atoms with E-state index in [0.29, 0.717) is 11.8 Å². The predicted molar refractivity (Wildman–Crippen MR) is 128 cm³/mol. The Morgan fingerprint density at radius 1 is 1.17 bits per heavy atom. The standard InChI is InChI=1S/C26H24F2N6O/c1-15(31-11-10-29-4)35-22-14-30-13-21(32-22)26-9-8-17(25(26,2)3)16-12-20(33-34-24(16)26)23-18(27)6-5-7-19(23)28/h5-7,10-14,17H,4,8-9H2,1-3H3/b11-10-,31-15?/t17-,26-/m0/s1. The van der Waals surface area contributed by atoms with E-state index in [0.717, 1.165) is 29.8 Å². The van der Waals surface area contributed by atoms with Crippen LogP contribution in [0, 0.1) is 17.0 Å². The predicted octanol–water partition coefficient (Wildman–Crippen LogP) is 5.38. The van der Waals surface area contributed by atoms with E-state index in [4.69, 9.17) is 9.72 Å². The van der Waals surface area contributed by atoms with Crippen LogP contribution in [0.5, 0.6) is 5.88 Å². The van der Waals surface area contributed by atoms with Gasteiger partial charge in [-0.25, -0.2) is 18.8 Å². The number of nitrogens with zero attached hydrogens (tertiary/aromatic N) is 6. The third-order valence-electron chi connectivity index (χ3n) is 7.33. The fourth-order valence-electron chi connectivity index (χ4n) is 5.72. The average molecular weight is 475 g/mol. The van der Waals surface area contributed by atoms with Crippen molar-refractivity contribution in [1.29, 1.82) is 0 Å². The highest BCUT2D eigenvalue weighted by atomic mass is 19.1. The zero-order valence-corrected chi connectivity index (χ0v) is 19.7. The molecule has 0 saturated heterocycles. The summed E-state index contributed by atoms with van der Waals surface area (Å²) in [5.74, 6) is -0.511. The maximum absolute atomic E-state index is 14.5. The monoisotopic (exact) mass is 474 g/mol. The summed E-state index contributed by atoms with van der Waals surface area (Å²) in [5, 5.41) is 8.80. The summed E-state index contributed by atoms with van der Waals surface area (Å²) in [4.78, 5) is 16.9. The van der Waals surface area contributed by atoms with E-state index in [1.807, 2.05) is 0 Å². The molecule has 2 heterocycles. The molecular weight excluding hydrogens is 450 g/mol. The highest BCUT2D eigenvalue weighted by Crippen LogP contribution is 2.69. The summed E-state index contributed by atoms with van der Waals surface area (Å²) in [6, 6.07) is 5.56. The Balaban J connectivity index is 1.59. The normalized spacial score (nSPS) is 22.4. The number of ether oxygens (including phenoxy) is 1. The van der Waals surface area contributed by atoms with Crippen LogP contribution in [-0.2, 0) is 5.41 Å². The van der Waals surface area contributed by atoms with E-state index in [9.17, 15) is 8.78 Å². The minimum absolute atomic E-state index is 0.132. The summed E-state index contributed by atoms with van der Waals surface area (Å²) < 4.78 is 34.7. The van der Waals surface area contributed by atoms with E-state index in [2.05, 4.69) is 45.7 Å². The van der Waals surface area contributed by atoms with Crippen molar-refractivity contribution in [3.63, 3.8) is 0 Å². The van der Waals surface area contributed by atoms with Crippen molar-refractivity contribution in [3.8, 4) is 17.1 Å². The molecule has 2 aliphatic rings. The van der Waals surface area contributed by atoms with E-state index in [-0.39, 0.29) is 22.6 Å². The Labute approximate surface area is 201 Å². The summed E-state index contributed by atoms with van der Waals surface area (Å²) in [7, 11) is 0. The van der Waals surface area contributed by atoms with E-state index in [1.165, 1.54) is 36.8 Å². The first-order chi connectivity index (χ1) is 16.8. The SMILES string of the molecule is C=N/C=C\N=C(C)Oc1cncc([C@@]23CC[C@@H](c4cc(-c5c(F)cccc5F)nnc42)C3(C)C)n1. The first-order valence-electron chi connectivity index (χ1n) is 11.3. The number of benzene rings is 1. The molecule has 2 aromatic heterocycles. The highest BCUT2D eigenvalue weighted by Gasteiger charge is 2.65. The van der Waals surface area contributed by atoms with Crippen LogP contribution in [0.2, 0.25) is 0 Å². The maximum atomic E-state index is 14.5. The lowest BCUT2D eigenvalue weighted by atomic mass is 9.66. The van der Waals surface area contributed by atoms with Crippen molar-refractivity contribution in [3.05, 3.63) is 77.6 Å². The largest absolute Gasteiger partial charge is 0.423 e. The van der Waals surface area contributed by atoms with E-state index < -0.39 is 17.0 Å². The number of fused-ring (bicyclic) bond motifs is 5. The van der Waals surface area contributed by atoms with E-state index >= 15 is 0 Å². The minimum Gasteiger partial charge on any atom is -0.423 e. The van der Waals surface area contributed by atoms with Crippen LogP contribution in [0.1, 0.15) is 56.5 Å².